The van der Waals surface area contributed by atoms with Gasteiger partial charge in [-0.2, -0.15) is 13.2 Å². The van der Waals surface area contributed by atoms with Gasteiger partial charge in [-0.05, 0) is 48.8 Å². The topological polar surface area (TPSA) is 98.3 Å². The van der Waals surface area contributed by atoms with Crippen LogP contribution in [0.3, 0.4) is 0 Å². The number of benzene rings is 2. The summed E-state index contributed by atoms with van der Waals surface area (Å²) in [6.07, 6.45) is 6.05. The van der Waals surface area contributed by atoms with Crippen LogP contribution in [0.4, 0.5) is 13.2 Å². The zero-order valence-corrected chi connectivity index (χ0v) is 18.6. The molecule has 2 heterocycles. The highest BCUT2D eigenvalue weighted by atomic mass is 32.2. The summed E-state index contributed by atoms with van der Waals surface area (Å²) in [5, 5.41) is 3.65. The predicted molar refractivity (Wildman–Crippen MR) is 116 cm³/mol. The molecule has 4 atom stereocenters. The van der Waals surface area contributed by atoms with Crippen molar-refractivity contribution in [2.45, 2.75) is 55.7 Å². The van der Waals surface area contributed by atoms with E-state index in [4.69, 9.17) is 18.7 Å². The highest BCUT2D eigenvalue weighted by Gasteiger charge is 2.50. The lowest BCUT2D eigenvalue weighted by atomic mass is 9.90. The molecule has 3 aliphatic rings. The second-order valence-corrected chi connectivity index (χ2v) is 10.1. The average molecular weight is 482 g/mol. The third-order valence-electron chi connectivity index (χ3n) is 6.79. The monoisotopic (exact) mass is 481 g/mol. The van der Waals surface area contributed by atoms with Crippen molar-refractivity contribution in [1.82, 2.24) is 5.32 Å². The van der Waals surface area contributed by atoms with Crippen LogP contribution >= 0.6 is 0 Å². The Morgan fingerprint density at radius 3 is 2.36 bits per heavy atom. The molecule has 1 saturated heterocycles. The van der Waals surface area contributed by atoms with Crippen LogP contribution in [0.25, 0.3) is 0 Å². The summed E-state index contributed by atoms with van der Waals surface area (Å²) in [7, 11) is -6.09. The summed E-state index contributed by atoms with van der Waals surface area (Å²) < 4.78 is 61.4. The summed E-state index contributed by atoms with van der Waals surface area (Å²) >= 11 is 0. The average Bonchev–Trinajstić information content (AvgIpc) is 3.34. The first-order valence-corrected chi connectivity index (χ1v) is 12.3. The third kappa shape index (κ3) is 4.86. The van der Waals surface area contributed by atoms with E-state index in [1.807, 2.05) is 0 Å². The number of nitrogens with two attached hydrogens (primary N) is 1. The van der Waals surface area contributed by atoms with Gasteiger partial charge in [-0.1, -0.05) is 54.6 Å². The molecule has 10 heteroatoms. The van der Waals surface area contributed by atoms with E-state index in [0.29, 0.717) is 24.0 Å². The van der Waals surface area contributed by atoms with Crippen LogP contribution in [-0.4, -0.2) is 41.1 Å². The second-order valence-electron chi connectivity index (χ2n) is 8.70. The minimum absolute atomic E-state index is 0.408. The van der Waals surface area contributed by atoms with Gasteiger partial charge in [0.05, 0.1) is 12.1 Å². The van der Waals surface area contributed by atoms with Gasteiger partial charge in [0.15, 0.2) is 10.1 Å². The summed E-state index contributed by atoms with van der Waals surface area (Å²) in [5.41, 5.74) is 5.28. The maximum Gasteiger partial charge on any atom is 0.485 e. The fraction of sp³-hybridized carbons (Fsp3) is 0.435. The SMILES string of the molecule is NC1=[N+]2[C@@H](CCc3ccccc3)CC[C@@H]2[C@@H]2Cc3ccccc3[C@@H]2N1.O=S(=O)([O-])C(F)(F)F. The van der Waals surface area contributed by atoms with E-state index in [-0.39, 0.29) is 0 Å². The fourth-order valence-corrected chi connectivity index (χ4v) is 5.37. The zero-order valence-electron chi connectivity index (χ0n) is 17.8. The third-order valence-corrected chi connectivity index (χ3v) is 7.36. The Balaban J connectivity index is 0.000000281. The molecule has 33 heavy (non-hydrogen) atoms. The molecular formula is C23H26F3N3O3S. The largest absolute Gasteiger partial charge is 0.741 e. The normalized spacial score (nSPS) is 25.9. The minimum atomic E-state index is -6.09. The lowest BCUT2D eigenvalue weighted by Gasteiger charge is -2.32. The van der Waals surface area contributed by atoms with Crippen LogP contribution < -0.4 is 11.1 Å². The van der Waals surface area contributed by atoms with Crippen LogP contribution in [0, 0.1) is 5.92 Å². The highest BCUT2D eigenvalue weighted by Crippen LogP contribution is 2.44. The van der Waals surface area contributed by atoms with Crippen molar-refractivity contribution >= 4 is 16.1 Å². The molecule has 0 amide bonds. The number of hydrogen-bond donors (Lipinski definition) is 2. The number of alkyl halides is 3. The van der Waals surface area contributed by atoms with Crippen LogP contribution in [0.1, 0.15) is 42.0 Å². The summed E-state index contributed by atoms with van der Waals surface area (Å²) in [6.45, 7) is 0. The quantitative estimate of drug-likeness (QED) is 0.399. The highest BCUT2D eigenvalue weighted by molar-refractivity contribution is 7.86. The van der Waals surface area contributed by atoms with E-state index in [1.165, 1.54) is 42.4 Å². The van der Waals surface area contributed by atoms with Crippen molar-refractivity contribution in [3.8, 4) is 0 Å². The number of nitrogens with one attached hydrogen (secondary N) is 1. The Bertz CT molecular complexity index is 1140. The Hall–Kier alpha value is -2.59. The molecule has 0 radical (unpaired) electrons. The van der Waals surface area contributed by atoms with Gasteiger partial charge < -0.3 is 4.55 Å². The molecule has 3 N–H and O–H groups in total. The van der Waals surface area contributed by atoms with Crippen LogP contribution in [-0.2, 0) is 23.0 Å². The summed E-state index contributed by atoms with van der Waals surface area (Å²) in [6, 6.07) is 21.3. The van der Waals surface area contributed by atoms with Gasteiger partial charge in [-0.25, -0.2) is 8.42 Å². The van der Waals surface area contributed by atoms with Crippen molar-refractivity contribution in [1.29, 1.82) is 0 Å². The van der Waals surface area contributed by atoms with Crippen molar-refractivity contribution in [2.75, 3.05) is 0 Å². The van der Waals surface area contributed by atoms with Crippen LogP contribution in [0.5, 0.6) is 0 Å². The Morgan fingerprint density at radius 1 is 1.06 bits per heavy atom. The standard InChI is InChI=1S/C22H25N3.CHF3O3S/c23-22-24-21-18-9-5-4-8-16(18)14-19(21)20-13-12-17(25(20)22)11-10-15-6-2-1-3-7-15;2-1(3,4)8(5,6)7/h1-9,17,19-21H,10-14H2,(H2,23,24);(H,5,6,7)/t17-,19-,20+,21-;/m0./s1. The molecule has 1 aliphatic carbocycles. The second kappa shape index (κ2) is 8.98. The molecule has 2 aromatic carbocycles. The number of fused-ring (bicyclic) bond motifs is 5. The van der Waals surface area contributed by atoms with Crippen LogP contribution in [0.2, 0.25) is 0 Å². The van der Waals surface area contributed by atoms with Gasteiger partial charge in [0.1, 0.15) is 6.04 Å². The molecule has 2 aromatic rings. The van der Waals surface area contributed by atoms with Gasteiger partial charge in [0.25, 0.3) is 0 Å². The molecule has 0 unspecified atom stereocenters. The van der Waals surface area contributed by atoms with Crippen molar-refractivity contribution < 1.29 is 30.7 Å². The number of rotatable bonds is 3. The molecule has 6 nitrogen and oxygen atoms in total. The first-order chi connectivity index (χ1) is 15.6. The molecule has 0 aromatic heterocycles. The van der Waals surface area contributed by atoms with Gasteiger partial charge >= 0.3 is 11.5 Å². The van der Waals surface area contributed by atoms with E-state index in [2.05, 4.69) is 64.5 Å². The molecule has 2 aliphatic heterocycles. The predicted octanol–water partition coefficient (Wildman–Crippen LogP) is 3.05. The van der Waals surface area contributed by atoms with Gasteiger partial charge in [-0.3, -0.25) is 15.6 Å². The first-order valence-electron chi connectivity index (χ1n) is 10.9. The maximum atomic E-state index is 10.7. The Labute approximate surface area is 191 Å². The Morgan fingerprint density at radius 2 is 1.70 bits per heavy atom. The molecule has 0 saturated carbocycles. The zero-order chi connectivity index (χ0) is 23.8. The minimum Gasteiger partial charge on any atom is -0.741 e. The summed E-state index contributed by atoms with van der Waals surface area (Å²) in [4.78, 5) is 0. The van der Waals surface area contributed by atoms with Crippen molar-refractivity contribution in [3.05, 3.63) is 71.3 Å². The number of halogens is 3. The van der Waals surface area contributed by atoms with Gasteiger partial charge in [-0.15, -0.1) is 0 Å². The fourth-order valence-electron chi connectivity index (χ4n) is 5.37. The molecular weight excluding hydrogens is 455 g/mol. The molecule has 0 spiro atoms. The van der Waals surface area contributed by atoms with Crippen molar-refractivity contribution in [2.24, 2.45) is 11.7 Å². The summed E-state index contributed by atoms with van der Waals surface area (Å²) in [5.74, 6) is 1.56. The molecule has 5 rings (SSSR count). The van der Waals surface area contributed by atoms with E-state index in [1.54, 1.807) is 0 Å². The molecule has 1 fully saturated rings. The van der Waals surface area contributed by atoms with Crippen LogP contribution in [0.15, 0.2) is 54.6 Å². The van der Waals surface area contributed by atoms with Gasteiger partial charge in [0.2, 0.25) is 0 Å². The Kier molecular flexibility index (Phi) is 6.41. The van der Waals surface area contributed by atoms with E-state index in [9.17, 15) is 13.2 Å². The smallest absolute Gasteiger partial charge is 0.485 e. The van der Waals surface area contributed by atoms with E-state index >= 15 is 0 Å². The lowest BCUT2D eigenvalue weighted by Crippen LogP contribution is -2.55. The van der Waals surface area contributed by atoms with Gasteiger partial charge in [0, 0.05) is 5.92 Å². The lowest BCUT2D eigenvalue weighted by molar-refractivity contribution is -0.595. The van der Waals surface area contributed by atoms with E-state index in [0.717, 1.165) is 12.4 Å². The number of guanidine groups is 1. The van der Waals surface area contributed by atoms with E-state index < -0.39 is 15.6 Å². The first kappa shape index (κ1) is 23.6. The molecule has 0 bridgehead atoms. The number of hydrogen-bond acceptors (Lipinski definition) is 5. The number of nitrogens with zero attached hydrogens (tertiary/aromatic N) is 1. The maximum absolute atomic E-state index is 10.7. The number of aryl methyl sites for hydroxylation is 1. The molecule has 178 valence electrons. The van der Waals surface area contributed by atoms with Crippen molar-refractivity contribution in [3.63, 3.8) is 0 Å².